The van der Waals surface area contributed by atoms with E-state index in [2.05, 4.69) is 5.32 Å². The van der Waals surface area contributed by atoms with Crippen LogP contribution in [0.1, 0.15) is 30.5 Å². The zero-order valence-electron chi connectivity index (χ0n) is 16.0. The molecule has 0 bridgehead atoms. The Kier molecular flexibility index (Phi) is 4.58. The first-order valence-electron chi connectivity index (χ1n) is 9.03. The van der Waals surface area contributed by atoms with Crippen molar-refractivity contribution in [3.05, 3.63) is 45.6 Å². The number of rotatable bonds is 3. The molecule has 0 spiro atoms. The Morgan fingerprint density at radius 1 is 1.14 bits per heavy atom. The topological polar surface area (TPSA) is 83.1 Å². The van der Waals surface area contributed by atoms with Crippen LogP contribution in [0.15, 0.2) is 29.1 Å². The van der Waals surface area contributed by atoms with Gasteiger partial charge in [-0.3, -0.25) is 9.59 Å². The van der Waals surface area contributed by atoms with Crippen LogP contribution in [0, 0.1) is 0 Å². The summed E-state index contributed by atoms with van der Waals surface area (Å²) in [7, 11) is 3.16. The highest BCUT2D eigenvalue weighted by Gasteiger charge is 2.35. The van der Waals surface area contributed by atoms with Crippen molar-refractivity contribution in [1.82, 2.24) is 5.32 Å². The molecule has 0 radical (unpaired) electrons. The van der Waals surface area contributed by atoms with Crippen LogP contribution >= 0.6 is 0 Å². The van der Waals surface area contributed by atoms with Crippen molar-refractivity contribution in [2.24, 2.45) is 0 Å². The third-order valence-corrected chi connectivity index (χ3v) is 5.07. The van der Waals surface area contributed by atoms with Gasteiger partial charge in [-0.05, 0) is 36.1 Å². The fourth-order valence-corrected chi connectivity index (χ4v) is 4.02. The summed E-state index contributed by atoms with van der Waals surface area (Å²) in [6.45, 7) is 1.55. The van der Waals surface area contributed by atoms with Crippen LogP contribution < -0.4 is 29.7 Å². The Balaban J connectivity index is 2.09. The average Bonchev–Trinajstić information content (AvgIpc) is 3.00. The number of fused-ring (bicyclic) bond motifs is 4. The van der Waals surface area contributed by atoms with Crippen LogP contribution in [0.4, 0.5) is 0 Å². The number of methoxy groups -OCH3 is 2. The molecule has 28 heavy (non-hydrogen) atoms. The number of ether oxygens (including phenoxy) is 4. The molecule has 1 atom stereocenters. The quantitative estimate of drug-likeness (QED) is 0.877. The van der Waals surface area contributed by atoms with Gasteiger partial charge in [0.2, 0.25) is 24.2 Å². The van der Waals surface area contributed by atoms with E-state index in [0.717, 1.165) is 22.3 Å². The fourth-order valence-electron chi connectivity index (χ4n) is 4.02. The van der Waals surface area contributed by atoms with E-state index < -0.39 is 0 Å². The van der Waals surface area contributed by atoms with E-state index in [1.807, 2.05) is 6.07 Å². The van der Waals surface area contributed by atoms with Crippen molar-refractivity contribution >= 4 is 5.91 Å². The van der Waals surface area contributed by atoms with Gasteiger partial charge in [0.05, 0.1) is 20.3 Å². The molecule has 1 amide bonds. The minimum Gasteiger partial charge on any atom is -0.492 e. The molecule has 0 aromatic heterocycles. The average molecular weight is 383 g/mol. The van der Waals surface area contributed by atoms with E-state index in [-0.39, 0.29) is 24.2 Å². The third-order valence-electron chi connectivity index (χ3n) is 5.07. The van der Waals surface area contributed by atoms with Crippen molar-refractivity contribution < 1.29 is 23.7 Å². The Morgan fingerprint density at radius 3 is 2.54 bits per heavy atom. The number of carbonyl (C=O) groups is 1. The van der Waals surface area contributed by atoms with Gasteiger partial charge in [-0.25, -0.2) is 0 Å². The van der Waals surface area contributed by atoms with E-state index in [9.17, 15) is 9.59 Å². The summed E-state index contributed by atoms with van der Waals surface area (Å²) in [5, 5.41) is 2.96. The summed E-state index contributed by atoms with van der Waals surface area (Å²) >= 11 is 0. The van der Waals surface area contributed by atoms with E-state index >= 15 is 0 Å². The predicted octanol–water partition coefficient (Wildman–Crippen LogP) is 2.58. The highest BCUT2D eigenvalue weighted by Crippen LogP contribution is 2.57. The second-order valence-electron chi connectivity index (χ2n) is 6.72. The van der Waals surface area contributed by atoms with Gasteiger partial charge in [-0.15, -0.1) is 0 Å². The van der Waals surface area contributed by atoms with Crippen molar-refractivity contribution in [1.29, 1.82) is 0 Å². The second kappa shape index (κ2) is 7.07. The Morgan fingerprint density at radius 2 is 1.86 bits per heavy atom. The molecule has 0 fully saturated rings. The lowest BCUT2D eigenvalue weighted by molar-refractivity contribution is -0.119. The summed E-state index contributed by atoms with van der Waals surface area (Å²) in [6, 6.07) is 6.32. The number of nitrogens with one attached hydrogen (secondary N) is 1. The molecule has 7 heteroatoms. The van der Waals surface area contributed by atoms with Gasteiger partial charge >= 0.3 is 0 Å². The first-order chi connectivity index (χ1) is 13.5. The Labute approximate surface area is 162 Å². The molecule has 2 aliphatic rings. The van der Waals surface area contributed by atoms with Gasteiger partial charge in [0.25, 0.3) is 0 Å². The first kappa shape index (κ1) is 18.2. The van der Waals surface area contributed by atoms with Gasteiger partial charge in [-0.2, -0.15) is 0 Å². The normalized spacial score (nSPS) is 16.5. The van der Waals surface area contributed by atoms with E-state index in [4.69, 9.17) is 18.9 Å². The zero-order chi connectivity index (χ0) is 19.8. The van der Waals surface area contributed by atoms with Gasteiger partial charge < -0.3 is 24.3 Å². The SMILES string of the molecule is COc1c2c(c(OC)c3c1OCO3)-c1cccc(=O)cc1C(NC(C)=O)CC2. The molecule has 1 unspecified atom stereocenters. The lowest BCUT2D eigenvalue weighted by Gasteiger charge is -2.19. The summed E-state index contributed by atoms with van der Waals surface area (Å²) in [5.74, 6) is 1.96. The van der Waals surface area contributed by atoms with Crippen LogP contribution in [0.2, 0.25) is 0 Å². The van der Waals surface area contributed by atoms with Crippen LogP contribution in [-0.2, 0) is 11.2 Å². The van der Waals surface area contributed by atoms with E-state index in [1.165, 1.54) is 13.0 Å². The molecule has 2 aromatic rings. The lowest BCUT2D eigenvalue weighted by atomic mass is 9.94. The number of carbonyl (C=O) groups excluding carboxylic acids is 1. The molecule has 0 saturated heterocycles. The molecule has 0 saturated carbocycles. The van der Waals surface area contributed by atoms with Crippen molar-refractivity contribution in [3.63, 3.8) is 0 Å². The monoisotopic (exact) mass is 383 g/mol. The van der Waals surface area contributed by atoms with Crippen LogP contribution in [0.3, 0.4) is 0 Å². The summed E-state index contributed by atoms with van der Waals surface area (Å²) in [6.07, 6.45) is 1.20. The fraction of sp³-hybridized carbons (Fsp3) is 0.333. The molecular weight excluding hydrogens is 362 g/mol. The van der Waals surface area contributed by atoms with E-state index in [0.29, 0.717) is 35.8 Å². The van der Waals surface area contributed by atoms with Crippen LogP contribution in [0.25, 0.3) is 11.1 Å². The van der Waals surface area contributed by atoms with Crippen molar-refractivity contribution in [3.8, 4) is 34.1 Å². The molecule has 2 aromatic carbocycles. The van der Waals surface area contributed by atoms with Crippen molar-refractivity contribution in [2.75, 3.05) is 21.0 Å². The van der Waals surface area contributed by atoms with Gasteiger partial charge in [-0.1, -0.05) is 12.1 Å². The predicted molar refractivity (Wildman–Crippen MR) is 102 cm³/mol. The Bertz CT molecular complexity index is 1020. The smallest absolute Gasteiger partial charge is 0.231 e. The maximum Gasteiger partial charge on any atom is 0.231 e. The molecule has 1 heterocycles. The highest BCUT2D eigenvalue weighted by molar-refractivity contribution is 5.86. The third kappa shape index (κ3) is 2.83. The molecule has 7 nitrogen and oxygen atoms in total. The molecule has 146 valence electrons. The molecule has 1 aliphatic carbocycles. The molecule has 1 N–H and O–H groups in total. The molecular formula is C21H21NO6. The number of amides is 1. The Hall–Kier alpha value is -3.22. The standard InChI is InChI=1S/C21H21NO6/c1-11(23)22-16-8-7-14-17(13-6-4-5-12(24)9-15(13)16)19(26-3)21-20(18(14)25-2)27-10-28-21/h4-6,9,16H,7-8,10H2,1-3H3,(H,22,23). The first-order valence-corrected chi connectivity index (χ1v) is 9.03. The maximum atomic E-state index is 12.2. The number of hydrogen-bond donors (Lipinski definition) is 1. The zero-order valence-corrected chi connectivity index (χ0v) is 16.0. The number of benzene rings is 1. The van der Waals surface area contributed by atoms with Crippen molar-refractivity contribution in [2.45, 2.75) is 25.8 Å². The summed E-state index contributed by atoms with van der Waals surface area (Å²) in [5.41, 5.74) is 3.09. The van der Waals surface area contributed by atoms with Crippen LogP contribution in [-0.4, -0.2) is 26.9 Å². The van der Waals surface area contributed by atoms with E-state index in [1.54, 1.807) is 26.4 Å². The lowest BCUT2D eigenvalue weighted by Crippen LogP contribution is -2.26. The largest absolute Gasteiger partial charge is 0.492 e. The second-order valence-corrected chi connectivity index (χ2v) is 6.72. The molecule has 4 rings (SSSR count). The van der Waals surface area contributed by atoms with Gasteiger partial charge in [0, 0.05) is 18.1 Å². The number of hydrogen-bond acceptors (Lipinski definition) is 6. The van der Waals surface area contributed by atoms with Gasteiger partial charge in [0.1, 0.15) is 0 Å². The highest BCUT2D eigenvalue weighted by atomic mass is 16.7. The summed E-state index contributed by atoms with van der Waals surface area (Å²) in [4.78, 5) is 24.0. The molecule has 1 aliphatic heterocycles. The summed E-state index contributed by atoms with van der Waals surface area (Å²) < 4.78 is 22.7. The maximum absolute atomic E-state index is 12.2. The minimum absolute atomic E-state index is 0.0829. The van der Waals surface area contributed by atoms with Crippen LogP contribution in [0.5, 0.6) is 23.0 Å². The van der Waals surface area contributed by atoms with Gasteiger partial charge in [0.15, 0.2) is 16.9 Å². The minimum atomic E-state index is -0.314.